The summed E-state index contributed by atoms with van der Waals surface area (Å²) in [5, 5.41) is 0.654. The number of halogens is 3. The molecular formula is C9H4BrCl2N3S. The Labute approximate surface area is 115 Å². The minimum absolute atomic E-state index is 0.0922. The highest BCUT2D eigenvalue weighted by Crippen LogP contribution is 2.31. The molecule has 16 heavy (non-hydrogen) atoms. The van der Waals surface area contributed by atoms with E-state index in [-0.39, 0.29) is 10.6 Å². The number of nitrogens with zero attached hydrogens (tertiary/aromatic N) is 3. The summed E-state index contributed by atoms with van der Waals surface area (Å²) >= 11 is 16.2. The highest BCUT2D eigenvalue weighted by atomic mass is 79.9. The lowest BCUT2D eigenvalue weighted by Gasteiger charge is -2.02. The molecule has 0 atom stereocenters. The maximum atomic E-state index is 5.68. The average Bonchev–Trinajstić information content (AvgIpc) is 2.20. The van der Waals surface area contributed by atoms with Gasteiger partial charge in [0.2, 0.25) is 10.6 Å². The normalized spacial score (nSPS) is 10.4. The lowest BCUT2D eigenvalue weighted by molar-refractivity contribution is 0.904. The van der Waals surface area contributed by atoms with Crippen molar-refractivity contribution in [3.05, 3.63) is 39.3 Å². The van der Waals surface area contributed by atoms with Crippen LogP contribution in [0.15, 0.2) is 38.8 Å². The molecule has 2 aromatic rings. The summed E-state index contributed by atoms with van der Waals surface area (Å²) in [7, 11) is 0. The number of hydrogen-bond acceptors (Lipinski definition) is 4. The third-order valence-corrected chi connectivity index (χ3v) is 3.83. The Hall–Kier alpha value is -0.360. The van der Waals surface area contributed by atoms with E-state index in [0.29, 0.717) is 5.16 Å². The van der Waals surface area contributed by atoms with Crippen LogP contribution in [0, 0.1) is 0 Å². The molecule has 0 unspecified atom stereocenters. The lowest BCUT2D eigenvalue weighted by Crippen LogP contribution is -1.91. The van der Waals surface area contributed by atoms with Crippen molar-refractivity contribution >= 4 is 50.9 Å². The first-order valence-electron chi connectivity index (χ1n) is 4.14. The molecule has 0 radical (unpaired) electrons. The van der Waals surface area contributed by atoms with Gasteiger partial charge in [-0.1, -0.05) is 12.1 Å². The predicted octanol–water partition coefficient (Wildman–Crippen LogP) is 4.09. The Bertz CT molecular complexity index is 504. The molecule has 3 nitrogen and oxygen atoms in total. The molecule has 0 fully saturated rings. The van der Waals surface area contributed by atoms with Crippen molar-refractivity contribution in [3.63, 3.8) is 0 Å². The minimum atomic E-state index is 0.0922. The van der Waals surface area contributed by atoms with Crippen LogP contribution in [0.3, 0.4) is 0 Å². The monoisotopic (exact) mass is 335 g/mol. The van der Waals surface area contributed by atoms with E-state index in [1.54, 1.807) is 0 Å². The van der Waals surface area contributed by atoms with Crippen LogP contribution in [0.25, 0.3) is 0 Å². The molecule has 0 spiro atoms. The SMILES string of the molecule is Clc1nc(Cl)nc(Sc2ccccc2Br)n1. The molecule has 0 aliphatic heterocycles. The van der Waals surface area contributed by atoms with Crippen LogP contribution in [0.4, 0.5) is 0 Å². The van der Waals surface area contributed by atoms with Crippen LogP contribution in [-0.2, 0) is 0 Å². The number of rotatable bonds is 2. The third kappa shape index (κ3) is 3.07. The van der Waals surface area contributed by atoms with Gasteiger partial charge in [0, 0.05) is 9.37 Å². The van der Waals surface area contributed by atoms with Crippen LogP contribution in [0.5, 0.6) is 0 Å². The topological polar surface area (TPSA) is 38.7 Å². The van der Waals surface area contributed by atoms with Gasteiger partial charge in [-0.2, -0.15) is 15.0 Å². The number of aromatic nitrogens is 3. The fourth-order valence-electron chi connectivity index (χ4n) is 0.980. The van der Waals surface area contributed by atoms with E-state index in [2.05, 4.69) is 30.9 Å². The van der Waals surface area contributed by atoms with Gasteiger partial charge in [-0.15, -0.1) is 0 Å². The Morgan fingerprint density at radius 2 is 1.62 bits per heavy atom. The van der Waals surface area contributed by atoms with Crippen LogP contribution in [0.1, 0.15) is 0 Å². The van der Waals surface area contributed by atoms with Crippen molar-refractivity contribution in [2.45, 2.75) is 10.1 Å². The highest BCUT2D eigenvalue weighted by Gasteiger charge is 2.07. The second kappa shape index (κ2) is 5.31. The van der Waals surface area contributed by atoms with Crippen LogP contribution < -0.4 is 0 Å². The first-order valence-corrected chi connectivity index (χ1v) is 6.51. The van der Waals surface area contributed by atoms with Gasteiger partial charge in [-0.3, -0.25) is 0 Å². The van der Waals surface area contributed by atoms with E-state index in [1.165, 1.54) is 11.8 Å². The zero-order valence-corrected chi connectivity index (χ0v) is 11.6. The summed E-state index contributed by atoms with van der Waals surface area (Å²) in [4.78, 5) is 12.6. The van der Waals surface area contributed by atoms with Crippen LogP contribution >= 0.6 is 50.9 Å². The second-order valence-corrected chi connectivity index (χ2v) is 5.23. The van der Waals surface area contributed by atoms with E-state index >= 15 is 0 Å². The van der Waals surface area contributed by atoms with Crippen LogP contribution in [-0.4, -0.2) is 15.0 Å². The van der Waals surface area contributed by atoms with E-state index in [4.69, 9.17) is 23.2 Å². The largest absolute Gasteiger partial charge is 0.227 e. The molecule has 7 heteroatoms. The Kier molecular flexibility index (Phi) is 4.02. The molecular weight excluding hydrogens is 333 g/mol. The van der Waals surface area contributed by atoms with E-state index in [0.717, 1.165) is 9.37 Å². The summed E-state index contributed by atoms with van der Waals surface area (Å²) in [6.07, 6.45) is 0. The van der Waals surface area contributed by atoms with Crippen molar-refractivity contribution < 1.29 is 0 Å². The second-order valence-electron chi connectivity index (χ2n) is 2.69. The molecule has 1 aromatic carbocycles. The van der Waals surface area contributed by atoms with Gasteiger partial charge in [0.15, 0.2) is 5.16 Å². The van der Waals surface area contributed by atoms with Gasteiger partial charge >= 0.3 is 0 Å². The standard InChI is InChI=1S/C9H4BrCl2N3S/c10-5-3-1-2-4-6(5)16-9-14-7(11)13-8(12)15-9/h1-4H. The summed E-state index contributed by atoms with van der Waals surface area (Å²) in [6.45, 7) is 0. The van der Waals surface area contributed by atoms with Crippen LogP contribution in [0.2, 0.25) is 10.6 Å². The van der Waals surface area contributed by atoms with Gasteiger partial charge in [0.25, 0.3) is 0 Å². The molecule has 2 rings (SSSR count). The molecule has 0 amide bonds. The smallest absolute Gasteiger partial charge is 0.191 e. The predicted molar refractivity (Wildman–Crippen MR) is 68.1 cm³/mol. The first-order chi connectivity index (χ1) is 7.65. The number of hydrogen-bond donors (Lipinski definition) is 0. The summed E-state index contributed by atoms with van der Waals surface area (Å²) < 4.78 is 0.965. The van der Waals surface area contributed by atoms with Crippen molar-refractivity contribution in [3.8, 4) is 0 Å². The fraction of sp³-hybridized carbons (Fsp3) is 0. The molecule has 82 valence electrons. The number of benzene rings is 1. The minimum Gasteiger partial charge on any atom is -0.191 e. The fourth-order valence-corrected chi connectivity index (χ4v) is 2.74. The molecule has 0 saturated heterocycles. The van der Waals surface area contributed by atoms with Crippen molar-refractivity contribution in [2.75, 3.05) is 0 Å². The third-order valence-electron chi connectivity index (χ3n) is 1.60. The highest BCUT2D eigenvalue weighted by molar-refractivity contribution is 9.10. The molecule has 0 aliphatic rings. The van der Waals surface area contributed by atoms with E-state index in [9.17, 15) is 0 Å². The maximum absolute atomic E-state index is 5.68. The van der Waals surface area contributed by atoms with Gasteiger partial charge in [-0.25, -0.2) is 0 Å². The average molecular weight is 337 g/mol. The molecule has 0 aliphatic carbocycles. The zero-order chi connectivity index (χ0) is 11.5. The van der Waals surface area contributed by atoms with E-state index in [1.807, 2.05) is 24.3 Å². The lowest BCUT2D eigenvalue weighted by atomic mass is 10.4. The molecule has 0 bridgehead atoms. The molecule has 1 heterocycles. The van der Waals surface area contributed by atoms with Crippen molar-refractivity contribution in [2.24, 2.45) is 0 Å². The zero-order valence-electron chi connectivity index (χ0n) is 7.69. The summed E-state index contributed by atoms with van der Waals surface area (Å²) in [6, 6.07) is 7.74. The van der Waals surface area contributed by atoms with Gasteiger partial charge in [0.1, 0.15) is 0 Å². The quantitative estimate of drug-likeness (QED) is 0.827. The molecule has 1 aromatic heterocycles. The Morgan fingerprint density at radius 1 is 1.00 bits per heavy atom. The summed E-state index contributed by atoms with van der Waals surface area (Å²) in [5.41, 5.74) is 0. The molecule has 0 saturated carbocycles. The maximum Gasteiger partial charge on any atom is 0.227 e. The first kappa shape index (κ1) is 12.1. The Balaban J connectivity index is 2.30. The van der Waals surface area contributed by atoms with Gasteiger partial charge < -0.3 is 0 Å². The van der Waals surface area contributed by atoms with Gasteiger partial charge in [-0.05, 0) is 63.0 Å². The van der Waals surface area contributed by atoms with E-state index < -0.39 is 0 Å². The van der Waals surface area contributed by atoms with Crippen molar-refractivity contribution in [1.29, 1.82) is 0 Å². The Morgan fingerprint density at radius 3 is 2.25 bits per heavy atom. The molecule has 0 N–H and O–H groups in total. The summed E-state index contributed by atoms with van der Waals surface area (Å²) in [5.74, 6) is 0. The van der Waals surface area contributed by atoms with Crippen molar-refractivity contribution in [1.82, 2.24) is 15.0 Å². The van der Waals surface area contributed by atoms with Gasteiger partial charge in [0.05, 0.1) is 0 Å².